The Labute approximate surface area is 137 Å². The van der Waals surface area contributed by atoms with Gasteiger partial charge in [0.1, 0.15) is 12.3 Å². The summed E-state index contributed by atoms with van der Waals surface area (Å²) in [7, 11) is -2.00. The minimum Gasteiger partial charge on any atom is -0.497 e. The summed E-state index contributed by atoms with van der Waals surface area (Å²) in [6.45, 7) is -0.207. The monoisotopic (exact) mass is 340 g/mol. The van der Waals surface area contributed by atoms with E-state index in [1.54, 1.807) is 31.4 Å². The number of benzene rings is 1. The quantitative estimate of drug-likeness (QED) is 0.858. The van der Waals surface area contributed by atoms with E-state index in [0.717, 1.165) is 36.2 Å². The van der Waals surface area contributed by atoms with Gasteiger partial charge in [0, 0.05) is 6.04 Å². The van der Waals surface area contributed by atoms with Gasteiger partial charge in [-0.05, 0) is 37.1 Å². The molecule has 0 spiro atoms. The average Bonchev–Trinajstić information content (AvgIpc) is 2.53. The summed E-state index contributed by atoms with van der Waals surface area (Å²) in [5.74, 6) is 0.368. The fourth-order valence-corrected chi connectivity index (χ4v) is 3.66. The van der Waals surface area contributed by atoms with Crippen LogP contribution in [-0.2, 0) is 14.8 Å². The molecule has 0 heterocycles. The number of methoxy groups -OCH3 is 1. The Bertz CT molecular complexity index is 622. The number of ether oxygens (including phenoxy) is 1. The number of sulfonamides is 1. The summed E-state index contributed by atoms with van der Waals surface area (Å²) in [6, 6.07) is 6.77. The fourth-order valence-electron chi connectivity index (χ4n) is 2.80. The minimum absolute atomic E-state index is 0.161. The number of hydrogen-bond acceptors (Lipinski definition) is 4. The summed E-state index contributed by atoms with van der Waals surface area (Å²) in [4.78, 5) is 12.2. The van der Waals surface area contributed by atoms with E-state index in [1.807, 2.05) is 0 Å². The SMILES string of the molecule is COc1ccc(N(CC(=O)NC2CCCCC2)S(C)(=O)=O)cc1. The maximum atomic E-state index is 12.2. The molecular weight excluding hydrogens is 316 g/mol. The van der Waals surface area contributed by atoms with E-state index in [4.69, 9.17) is 4.74 Å². The highest BCUT2D eigenvalue weighted by atomic mass is 32.2. The van der Waals surface area contributed by atoms with E-state index < -0.39 is 10.0 Å². The molecular formula is C16H24N2O4S. The number of carbonyl (C=O) groups excluding carboxylic acids is 1. The number of nitrogens with zero attached hydrogens (tertiary/aromatic N) is 1. The Hall–Kier alpha value is -1.76. The molecule has 0 aromatic heterocycles. The first kappa shape index (κ1) is 17.6. The van der Waals surface area contributed by atoms with Crippen LogP contribution in [0.4, 0.5) is 5.69 Å². The van der Waals surface area contributed by atoms with E-state index in [-0.39, 0.29) is 18.5 Å². The first-order chi connectivity index (χ1) is 10.9. The minimum atomic E-state index is -3.54. The molecule has 7 heteroatoms. The van der Waals surface area contributed by atoms with Gasteiger partial charge >= 0.3 is 0 Å². The smallest absolute Gasteiger partial charge is 0.240 e. The maximum Gasteiger partial charge on any atom is 0.240 e. The average molecular weight is 340 g/mol. The molecule has 1 fully saturated rings. The van der Waals surface area contributed by atoms with Crippen LogP contribution >= 0.6 is 0 Å². The van der Waals surface area contributed by atoms with Gasteiger partial charge in [0.2, 0.25) is 15.9 Å². The lowest BCUT2D eigenvalue weighted by molar-refractivity contribution is -0.120. The third-order valence-corrected chi connectivity index (χ3v) is 5.16. The Kier molecular flexibility index (Phi) is 5.87. The second-order valence-corrected chi connectivity index (χ2v) is 7.78. The number of carbonyl (C=O) groups is 1. The van der Waals surface area contributed by atoms with Gasteiger partial charge < -0.3 is 10.1 Å². The molecule has 0 atom stereocenters. The van der Waals surface area contributed by atoms with Crippen molar-refractivity contribution in [3.63, 3.8) is 0 Å². The van der Waals surface area contributed by atoms with Crippen molar-refractivity contribution in [2.45, 2.75) is 38.1 Å². The molecule has 0 bridgehead atoms. The van der Waals surface area contributed by atoms with E-state index in [0.29, 0.717) is 11.4 Å². The van der Waals surface area contributed by atoms with E-state index >= 15 is 0 Å². The van der Waals surface area contributed by atoms with Crippen molar-refractivity contribution in [2.75, 3.05) is 24.2 Å². The molecule has 0 aliphatic heterocycles. The lowest BCUT2D eigenvalue weighted by Gasteiger charge is -2.26. The Morgan fingerprint density at radius 2 is 1.83 bits per heavy atom. The number of anilines is 1. The van der Waals surface area contributed by atoms with Crippen molar-refractivity contribution in [2.24, 2.45) is 0 Å². The molecule has 1 saturated carbocycles. The molecule has 0 radical (unpaired) electrons. The summed E-state index contributed by atoms with van der Waals surface area (Å²) >= 11 is 0. The van der Waals surface area contributed by atoms with Gasteiger partial charge in [0.05, 0.1) is 19.1 Å². The van der Waals surface area contributed by atoms with Crippen LogP contribution < -0.4 is 14.4 Å². The summed E-state index contributed by atoms with van der Waals surface area (Å²) < 4.78 is 30.2. The number of hydrogen-bond donors (Lipinski definition) is 1. The number of amides is 1. The Balaban J connectivity index is 2.07. The second kappa shape index (κ2) is 7.68. The molecule has 1 aromatic rings. The largest absolute Gasteiger partial charge is 0.497 e. The molecule has 1 aromatic carbocycles. The maximum absolute atomic E-state index is 12.2. The second-order valence-electron chi connectivity index (χ2n) is 5.87. The molecule has 23 heavy (non-hydrogen) atoms. The molecule has 6 nitrogen and oxygen atoms in total. The van der Waals surface area contributed by atoms with Crippen molar-refractivity contribution in [3.8, 4) is 5.75 Å². The van der Waals surface area contributed by atoms with Gasteiger partial charge in [0.25, 0.3) is 0 Å². The van der Waals surface area contributed by atoms with Gasteiger partial charge in [0.15, 0.2) is 0 Å². The zero-order valence-corrected chi connectivity index (χ0v) is 14.4. The van der Waals surface area contributed by atoms with Gasteiger partial charge in [-0.3, -0.25) is 9.10 Å². The highest BCUT2D eigenvalue weighted by molar-refractivity contribution is 7.92. The van der Waals surface area contributed by atoms with Crippen LogP contribution in [0.2, 0.25) is 0 Å². The third kappa shape index (κ3) is 5.13. The first-order valence-electron chi connectivity index (χ1n) is 7.81. The van der Waals surface area contributed by atoms with Crippen LogP contribution in [0.15, 0.2) is 24.3 Å². The Morgan fingerprint density at radius 1 is 1.22 bits per heavy atom. The first-order valence-corrected chi connectivity index (χ1v) is 9.66. The van der Waals surface area contributed by atoms with E-state index in [1.165, 1.54) is 6.42 Å². The molecule has 1 aliphatic carbocycles. The van der Waals surface area contributed by atoms with Crippen LogP contribution in [0.3, 0.4) is 0 Å². The molecule has 1 N–H and O–H groups in total. The van der Waals surface area contributed by atoms with Crippen molar-refractivity contribution in [1.29, 1.82) is 0 Å². The number of nitrogens with one attached hydrogen (secondary N) is 1. The molecule has 128 valence electrons. The van der Waals surface area contributed by atoms with Crippen LogP contribution in [0.1, 0.15) is 32.1 Å². The van der Waals surface area contributed by atoms with Gasteiger partial charge in [-0.25, -0.2) is 8.42 Å². The van der Waals surface area contributed by atoms with Crippen LogP contribution in [0, 0.1) is 0 Å². The standard InChI is InChI=1S/C16H24N2O4S/c1-22-15-10-8-14(9-11-15)18(23(2,20)21)12-16(19)17-13-6-4-3-5-7-13/h8-11,13H,3-7,12H2,1-2H3,(H,17,19). The van der Waals surface area contributed by atoms with Crippen LogP contribution in [0.5, 0.6) is 5.75 Å². The van der Waals surface area contributed by atoms with E-state index in [9.17, 15) is 13.2 Å². The molecule has 1 aliphatic rings. The highest BCUT2D eigenvalue weighted by Gasteiger charge is 2.23. The topological polar surface area (TPSA) is 75.7 Å². The molecule has 0 unspecified atom stereocenters. The van der Waals surface area contributed by atoms with Crippen molar-refractivity contribution in [3.05, 3.63) is 24.3 Å². The van der Waals surface area contributed by atoms with Gasteiger partial charge in [-0.15, -0.1) is 0 Å². The fraction of sp³-hybridized carbons (Fsp3) is 0.562. The van der Waals surface area contributed by atoms with Crippen molar-refractivity contribution >= 4 is 21.6 Å². The zero-order chi connectivity index (χ0) is 16.9. The highest BCUT2D eigenvalue weighted by Crippen LogP contribution is 2.22. The molecule has 0 saturated heterocycles. The summed E-state index contributed by atoms with van der Waals surface area (Å²) in [5, 5.41) is 2.94. The van der Waals surface area contributed by atoms with E-state index in [2.05, 4.69) is 5.32 Å². The zero-order valence-electron chi connectivity index (χ0n) is 13.6. The summed E-state index contributed by atoms with van der Waals surface area (Å²) in [6.07, 6.45) is 6.46. The van der Waals surface area contributed by atoms with Crippen molar-refractivity contribution in [1.82, 2.24) is 5.32 Å². The van der Waals surface area contributed by atoms with Crippen LogP contribution in [0.25, 0.3) is 0 Å². The Morgan fingerprint density at radius 3 is 2.35 bits per heavy atom. The predicted octanol–water partition coefficient (Wildman–Crippen LogP) is 1.91. The van der Waals surface area contributed by atoms with Crippen molar-refractivity contribution < 1.29 is 17.9 Å². The normalized spacial score (nSPS) is 15.9. The lowest BCUT2D eigenvalue weighted by atomic mass is 9.95. The lowest BCUT2D eigenvalue weighted by Crippen LogP contribution is -2.44. The van der Waals surface area contributed by atoms with Gasteiger partial charge in [-0.2, -0.15) is 0 Å². The van der Waals surface area contributed by atoms with Gasteiger partial charge in [-0.1, -0.05) is 19.3 Å². The van der Waals surface area contributed by atoms with Crippen LogP contribution in [-0.4, -0.2) is 40.3 Å². The summed E-state index contributed by atoms with van der Waals surface area (Å²) in [5.41, 5.74) is 0.451. The molecule has 2 rings (SSSR count). The third-order valence-electron chi connectivity index (χ3n) is 4.02. The predicted molar refractivity (Wildman–Crippen MR) is 90.2 cm³/mol. The number of rotatable bonds is 6. The molecule has 1 amide bonds.